The Bertz CT molecular complexity index is 1180. The standard InChI is InChI=1S/C19H17N7O/c1-12(23-24-19(20)27)16-6-7-18-22-11-15(26(18)25-16)10-13-4-5-17-14(9-13)3-2-8-21-17/h2-9,11H,10H2,1H3,(H3,20,24,27)/b23-12-. The third kappa shape index (κ3) is 3.45. The van der Waals surface area contributed by atoms with Crippen molar-refractivity contribution < 1.29 is 4.79 Å². The Morgan fingerprint density at radius 3 is 2.96 bits per heavy atom. The highest BCUT2D eigenvalue weighted by Gasteiger charge is 2.09. The van der Waals surface area contributed by atoms with Gasteiger partial charge in [0, 0.05) is 18.0 Å². The molecule has 3 N–H and O–H groups in total. The number of aromatic nitrogens is 4. The van der Waals surface area contributed by atoms with Gasteiger partial charge in [-0.15, -0.1) is 0 Å². The van der Waals surface area contributed by atoms with Crippen molar-refractivity contribution in [2.24, 2.45) is 10.8 Å². The fourth-order valence-electron chi connectivity index (χ4n) is 2.87. The molecule has 0 saturated heterocycles. The van der Waals surface area contributed by atoms with Gasteiger partial charge in [-0.25, -0.2) is 19.7 Å². The lowest BCUT2D eigenvalue weighted by Crippen LogP contribution is -2.25. The van der Waals surface area contributed by atoms with Crippen LogP contribution in [0.3, 0.4) is 0 Å². The van der Waals surface area contributed by atoms with E-state index in [-0.39, 0.29) is 0 Å². The first kappa shape index (κ1) is 16.6. The van der Waals surface area contributed by atoms with Crippen LogP contribution in [-0.4, -0.2) is 31.3 Å². The van der Waals surface area contributed by atoms with Crippen LogP contribution < -0.4 is 11.2 Å². The summed E-state index contributed by atoms with van der Waals surface area (Å²) in [7, 11) is 0. The van der Waals surface area contributed by atoms with Crippen molar-refractivity contribution in [3.05, 3.63) is 71.8 Å². The minimum absolute atomic E-state index is 0.548. The lowest BCUT2D eigenvalue weighted by molar-refractivity contribution is 0.249. The van der Waals surface area contributed by atoms with E-state index in [1.54, 1.807) is 23.7 Å². The third-order valence-electron chi connectivity index (χ3n) is 4.19. The molecule has 0 radical (unpaired) electrons. The van der Waals surface area contributed by atoms with E-state index in [2.05, 4.69) is 37.7 Å². The molecule has 1 aromatic carbocycles. The first-order valence-electron chi connectivity index (χ1n) is 8.37. The summed E-state index contributed by atoms with van der Waals surface area (Å²) >= 11 is 0. The predicted octanol–water partition coefficient (Wildman–Crippen LogP) is 2.26. The molecule has 3 aromatic heterocycles. The Hall–Kier alpha value is -3.81. The summed E-state index contributed by atoms with van der Waals surface area (Å²) in [4.78, 5) is 19.6. The molecule has 4 rings (SSSR count). The number of hydrazone groups is 1. The molecule has 4 aromatic rings. The van der Waals surface area contributed by atoms with Crippen molar-refractivity contribution in [1.29, 1.82) is 0 Å². The zero-order valence-corrected chi connectivity index (χ0v) is 14.6. The molecule has 8 heteroatoms. The number of rotatable bonds is 4. The van der Waals surface area contributed by atoms with Gasteiger partial charge >= 0.3 is 6.03 Å². The number of imidazole rings is 1. The molecule has 0 aliphatic heterocycles. The molecule has 0 bridgehead atoms. The van der Waals surface area contributed by atoms with E-state index in [1.165, 1.54) is 0 Å². The second kappa shape index (κ2) is 6.83. The van der Waals surface area contributed by atoms with Crippen molar-refractivity contribution in [2.45, 2.75) is 13.3 Å². The van der Waals surface area contributed by atoms with Gasteiger partial charge in [0.2, 0.25) is 0 Å². The van der Waals surface area contributed by atoms with E-state index in [1.807, 2.05) is 30.5 Å². The average Bonchev–Trinajstić information content (AvgIpc) is 3.08. The van der Waals surface area contributed by atoms with Gasteiger partial charge in [-0.2, -0.15) is 10.2 Å². The number of amides is 2. The monoisotopic (exact) mass is 359 g/mol. The summed E-state index contributed by atoms with van der Waals surface area (Å²) in [6, 6.07) is 13.1. The number of fused-ring (bicyclic) bond motifs is 2. The fraction of sp³-hybridized carbons (Fsp3) is 0.105. The van der Waals surface area contributed by atoms with E-state index in [0.29, 0.717) is 17.8 Å². The molecular weight excluding hydrogens is 342 g/mol. The van der Waals surface area contributed by atoms with Gasteiger partial charge in [0.15, 0.2) is 5.65 Å². The molecule has 0 aliphatic carbocycles. The summed E-state index contributed by atoms with van der Waals surface area (Å²) in [6.45, 7) is 1.75. The minimum Gasteiger partial charge on any atom is -0.350 e. The number of nitrogens with zero attached hydrogens (tertiary/aromatic N) is 5. The zero-order chi connectivity index (χ0) is 18.8. The summed E-state index contributed by atoms with van der Waals surface area (Å²) in [6.07, 6.45) is 4.28. The number of pyridine rings is 1. The number of nitrogens with two attached hydrogens (primary N) is 1. The number of urea groups is 1. The third-order valence-corrected chi connectivity index (χ3v) is 4.19. The van der Waals surface area contributed by atoms with Crippen LogP contribution >= 0.6 is 0 Å². The van der Waals surface area contributed by atoms with E-state index in [4.69, 9.17) is 5.73 Å². The number of primary amides is 1. The average molecular weight is 359 g/mol. The molecule has 0 aliphatic rings. The molecule has 3 heterocycles. The Morgan fingerprint density at radius 1 is 1.22 bits per heavy atom. The van der Waals surface area contributed by atoms with E-state index in [0.717, 1.165) is 27.8 Å². The van der Waals surface area contributed by atoms with Crippen molar-refractivity contribution in [1.82, 2.24) is 25.0 Å². The Kier molecular flexibility index (Phi) is 4.21. The zero-order valence-electron chi connectivity index (χ0n) is 14.6. The highest BCUT2D eigenvalue weighted by molar-refractivity contribution is 5.97. The van der Waals surface area contributed by atoms with Crippen LogP contribution in [0, 0.1) is 0 Å². The Morgan fingerprint density at radius 2 is 2.11 bits per heavy atom. The van der Waals surface area contributed by atoms with Gasteiger partial charge in [0.1, 0.15) is 5.69 Å². The fourth-order valence-corrected chi connectivity index (χ4v) is 2.87. The number of hydrogen-bond donors (Lipinski definition) is 2. The number of carbonyl (C=O) groups is 1. The van der Waals surface area contributed by atoms with Crippen LogP contribution in [-0.2, 0) is 6.42 Å². The Labute approximate surface area is 154 Å². The van der Waals surface area contributed by atoms with Crippen molar-refractivity contribution in [2.75, 3.05) is 0 Å². The van der Waals surface area contributed by atoms with Gasteiger partial charge in [-0.3, -0.25) is 4.98 Å². The van der Waals surface area contributed by atoms with Crippen LogP contribution in [0.25, 0.3) is 16.6 Å². The highest BCUT2D eigenvalue weighted by Crippen LogP contribution is 2.17. The van der Waals surface area contributed by atoms with Gasteiger partial charge in [-0.05, 0) is 42.8 Å². The largest absolute Gasteiger partial charge is 0.350 e. The van der Waals surface area contributed by atoms with Crippen molar-refractivity contribution in [3.63, 3.8) is 0 Å². The van der Waals surface area contributed by atoms with Crippen LogP contribution in [0.1, 0.15) is 23.9 Å². The minimum atomic E-state index is -0.718. The molecule has 27 heavy (non-hydrogen) atoms. The molecule has 0 fully saturated rings. The quantitative estimate of drug-likeness (QED) is 0.430. The maximum absolute atomic E-state index is 10.8. The molecule has 2 amide bonds. The summed E-state index contributed by atoms with van der Waals surface area (Å²) < 4.78 is 1.78. The highest BCUT2D eigenvalue weighted by atomic mass is 16.2. The molecular formula is C19H17N7O. The van der Waals surface area contributed by atoms with Gasteiger partial charge < -0.3 is 5.73 Å². The normalized spacial score (nSPS) is 11.8. The lowest BCUT2D eigenvalue weighted by atomic mass is 10.1. The van der Waals surface area contributed by atoms with E-state index < -0.39 is 6.03 Å². The molecule has 0 atom stereocenters. The number of carbonyl (C=O) groups excluding carboxylic acids is 1. The van der Waals surface area contributed by atoms with Crippen LogP contribution in [0.15, 0.2) is 60.0 Å². The molecule has 0 unspecified atom stereocenters. The number of benzene rings is 1. The second-order valence-corrected chi connectivity index (χ2v) is 6.12. The molecule has 134 valence electrons. The van der Waals surface area contributed by atoms with Gasteiger partial charge in [-0.1, -0.05) is 12.1 Å². The molecule has 0 saturated carbocycles. The summed E-state index contributed by atoms with van der Waals surface area (Å²) in [5.74, 6) is 0. The van der Waals surface area contributed by atoms with Crippen molar-refractivity contribution in [3.8, 4) is 0 Å². The van der Waals surface area contributed by atoms with Crippen LogP contribution in [0.4, 0.5) is 4.79 Å². The maximum Gasteiger partial charge on any atom is 0.332 e. The van der Waals surface area contributed by atoms with Crippen LogP contribution in [0.5, 0.6) is 0 Å². The van der Waals surface area contributed by atoms with Gasteiger partial charge in [0.05, 0.1) is 23.1 Å². The maximum atomic E-state index is 10.8. The van der Waals surface area contributed by atoms with Crippen LogP contribution in [0.2, 0.25) is 0 Å². The second-order valence-electron chi connectivity index (χ2n) is 6.12. The SMILES string of the molecule is C/C(=N/NC(N)=O)c1ccc2ncc(Cc3ccc4ncccc4c3)n2n1. The van der Waals surface area contributed by atoms with Gasteiger partial charge in [0.25, 0.3) is 0 Å². The van der Waals surface area contributed by atoms with Crippen molar-refractivity contribution >= 4 is 28.3 Å². The molecule has 0 spiro atoms. The first-order chi connectivity index (χ1) is 13.1. The number of hydrogen-bond acceptors (Lipinski definition) is 5. The Balaban J connectivity index is 1.67. The summed E-state index contributed by atoms with van der Waals surface area (Å²) in [5, 5.41) is 9.61. The number of nitrogens with one attached hydrogen (secondary N) is 1. The lowest BCUT2D eigenvalue weighted by Gasteiger charge is -2.05. The smallest absolute Gasteiger partial charge is 0.332 e. The topological polar surface area (TPSA) is 111 Å². The first-order valence-corrected chi connectivity index (χ1v) is 8.37. The van der Waals surface area contributed by atoms with E-state index >= 15 is 0 Å². The summed E-state index contributed by atoms with van der Waals surface area (Å²) in [5.41, 5.74) is 12.2. The molecule has 8 nitrogen and oxygen atoms in total. The van der Waals surface area contributed by atoms with E-state index in [9.17, 15) is 4.79 Å². The predicted molar refractivity (Wildman–Crippen MR) is 102 cm³/mol.